The van der Waals surface area contributed by atoms with Gasteiger partial charge in [0.25, 0.3) is 0 Å². The number of benzene rings is 1. The molecule has 0 unspecified atom stereocenters. The van der Waals surface area contributed by atoms with Gasteiger partial charge in [-0.3, -0.25) is 0 Å². The Balaban J connectivity index is 1.56. The van der Waals surface area contributed by atoms with Gasteiger partial charge in [-0.25, -0.2) is 4.39 Å². The highest BCUT2D eigenvalue weighted by atomic mass is 19.4. The van der Waals surface area contributed by atoms with Crippen molar-refractivity contribution in [1.29, 1.82) is 0 Å². The van der Waals surface area contributed by atoms with E-state index < -0.39 is 41.8 Å². The van der Waals surface area contributed by atoms with Crippen molar-refractivity contribution in [2.75, 3.05) is 13.2 Å². The van der Waals surface area contributed by atoms with Crippen LogP contribution in [0, 0.1) is 23.6 Å². The molecule has 0 atom stereocenters. The van der Waals surface area contributed by atoms with E-state index in [0.717, 1.165) is 69.9 Å². The molecule has 1 aromatic rings. The third-order valence-corrected chi connectivity index (χ3v) is 7.94. The van der Waals surface area contributed by atoms with Crippen LogP contribution in [0.4, 0.5) is 26.3 Å². The molecule has 0 aliphatic heterocycles. The molecule has 0 spiro atoms. The summed E-state index contributed by atoms with van der Waals surface area (Å²) in [4.78, 5) is 0. The van der Waals surface area contributed by atoms with E-state index in [9.17, 15) is 26.3 Å². The van der Waals surface area contributed by atoms with E-state index in [-0.39, 0.29) is 18.6 Å². The minimum Gasteiger partial charge on any atom is -0.493 e. The molecule has 0 radical (unpaired) electrons. The van der Waals surface area contributed by atoms with Crippen molar-refractivity contribution in [2.24, 2.45) is 17.8 Å². The van der Waals surface area contributed by atoms with Crippen LogP contribution >= 0.6 is 0 Å². The molecule has 2 aliphatic carbocycles. The van der Waals surface area contributed by atoms with E-state index >= 15 is 0 Å². The maximum atomic E-state index is 14.9. The molecular weight excluding hydrogens is 522 g/mol. The first-order valence-electron chi connectivity index (χ1n) is 14.4. The monoisotopic (exact) mass is 564 g/mol. The average Bonchev–Trinajstić information content (AvgIpc) is 2.89. The zero-order chi connectivity index (χ0) is 28.5. The molecule has 0 amide bonds. The van der Waals surface area contributed by atoms with Crippen molar-refractivity contribution in [1.82, 2.24) is 0 Å². The summed E-state index contributed by atoms with van der Waals surface area (Å²) in [6, 6.07) is 1.61. The fraction of sp³-hybridized carbons (Fsp3) is 0.733. The highest BCUT2D eigenvalue weighted by Gasteiger charge is 2.42. The Morgan fingerprint density at radius 2 is 1.51 bits per heavy atom. The molecule has 3 nitrogen and oxygen atoms in total. The largest absolute Gasteiger partial charge is 0.493 e. The topological polar surface area (TPSA) is 27.7 Å². The van der Waals surface area contributed by atoms with Gasteiger partial charge < -0.3 is 14.2 Å². The van der Waals surface area contributed by atoms with Crippen molar-refractivity contribution in [3.05, 3.63) is 35.7 Å². The van der Waals surface area contributed by atoms with E-state index in [0.29, 0.717) is 24.7 Å². The number of ether oxygens (including phenoxy) is 3. The second-order valence-corrected chi connectivity index (χ2v) is 11.1. The molecule has 1 aromatic carbocycles. The van der Waals surface area contributed by atoms with Crippen molar-refractivity contribution in [3.8, 4) is 11.5 Å². The SMILES string of the molecule is CC=CC1CCC(COc2ccc(OC(F)(F)COC3CCC(CCCCC)CC3)c(F)c2C(F)(F)F)CC1. The molecule has 39 heavy (non-hydrogen) atoms. The summed E-state index contributed by atoms with van der Waals surface area (Å²) in [6.07, 6.45) is 5.64. The van der Waals surface area contributed by atoms with Crippen LogP contribution in [-0.4, -0.2) is 25.4 Å². The Kier molecular flexibility index (Phi) is 11.9. The lowest BCUT2D eigenvalue weighted by molar-refractivity contribution is -0.224. The lowest BCUT2D eigenvalue weighted by atomic mass is 9.82. The van der Waals surface area contributed by atoms with Crippen molar-refractivity contribution >= 4 is 0 Å². The smallest absolute Gasteiger partial charge is 0.422 e. The van der Waals surface area contributed by atoms with E-state index in [1.807, 2.05) is 13.0 Å². The summed E-state index contributed by atoms with van der Waals surface area (Å²) in [7, 11) is 0. The number of unbranched alkanes of at least 4 members (excludes halogenated alkanes) is 2. The number of allylic oxidation sites excluding steroid dienone is 2. The Morgan fingerprint density at radius 1 is 0.872 bits per heavy atom. The van der Waals surface area contributed by atoms with Gasteiger partial charge in [0.05, 0.1) is 12.7 Å². The summed E-state index contributed by atoms with van der Waals surface area (Å²) in [5, 5.41) is 0. The van der Waals surface area contributed by atoms with Crippen LogP contribution in [0.15, 0.2) is 24.3 Å². The van der Waals surface area contributed by atoms with Gasteiger partial charge in [0.15, 0.2) is 18.2 Å². The summed E-state index contributed by atoms with van der Waals surface area (Å²) in [6.45, 7) is 2.92. The van der Waals surface area contributed by atoms with Crippen LogP contribution in [0.2, 0.25) is 0 Å². The molecular formula is C30H42F6O3. The Hall–Kier alpha value is -1.90. The summed E-state index contributed by atoms with van der Waals surface area (Å²) >= 11 is 0. The van der Waals surface area contributed by atoms with E-state index in [2.05, 4.69) is 17.7 Å². The van der Waals surface area contributed by atoms with Gasteiger partial charge in [0.2, 0.25) is 0 Å². The molecule has 3 rings (SSSR count). The summed E-state index contributed by atoms with van der Waals surface area (Å²) < 4.78 is 100. The Labute approximate surface area is 228 Å². The first-order chi connectivity index (χ1) is 18.5. The van der Waals surface area contributed by atoms with Crippen LogP contribution in [0.25, 0.3) is 0 Å². The van der Waals surface area contributed by atoms with Gasteiger partial charge in [-0.05, 0) is 88.2 Å². The number of hydrogen-bond donors (Lipinski definition) is 0. The molecule has 2 fully saturated rings. The van der Waals surface area contributed by atoms with Crippen LogP contribution in [0.3, 0.4) is 0 Å². The first-order valence-corrected chi connectivity index (χ1v) is 14.4. The number of halogens is 6. The third kappa shape index (κ3) is 9.90. The Bertz CT molecular complexity index is 901. The van der Waals surface area contributed by atoms with E-state index in [4.69, 9.17) is 9.47 Å². The highest BCUT2D eigenvalue weighted by Crippen LogP contribution is 2.43. The van der Waals surface area contributed by atoms with Crippen LogP contribution in [0.5, 0.6) is 11.5 Å². The maximum Gasteiger partial charge on any atom is 0.422 e. The fourth-order valence-corrected chi connectivity index (χ4v) is 5.71. The minimum absolute atomic E-state index is 0.00384. The number of hydrogen-bond acceptors (Lipinski definition) is 3. The molecule has 0 aromatic heterocycles. The summed E-state index contributed by atoms with van der Waals surface area (Å²) in [5.41, 5.74) is -1.74. The van der Waals surface area contributed by atoms with Crippen molar-refractivity contribution < 1.29 is 40.6 Å². The van der Waals surface area contributed by atoms with Crippen molar-refractivity contribution in [3.63, 3.8) is 0 Å². The normalized spacial score (nSPS) is 24.7. The molecule has 2 aliphatic rings. The zero-order valence-electron chi connectivity index (χ0n) is 23.0. The molecule has 0 N–H and O–H groups in total. The van der Waals surface area contributed by atoms with Crippen LogP contribution in [0.1, 0.15) is 96.5 Å². The third-order valence-electron chi connectivity index (χ3n) is 7.94. The highest BCUT2D eigenvalue weighted by molar-refractivity contribution is 5.44. The predicted octanol–water partition coefficient (Wildman–Crippen LogP) is 9.73. The summed E-state index contributed by atoms with van der Waals surface area (Å²) in [5.74, 6) is -2.77. The quantitative estimate of drug-likeness (QED) is 0.136. The average molecular weight is 565 g/mol. The zero-order valence-corrected chi connectivity index (χ0v) is 23.0. The maximum absolute atomic E-state index is 14.9. The molecule has 9 heteroatoms. The first kappa shape index (κ1) is 31.6. The number of alkyl halides is 5. The van der Waals surface area contributed by atoms with Crippen LogP contribution < -0.4 is 9.47 Å². The second kappa shape index (κ2) is 14.6. The Morgan fingerprint density at radius 3 is 2.13 bits per heavy atom. The molecule has 0 heterocycles. The molecule has 0 bridgehead atoms. The van der Waals surface area contributed by atoms with E-state index in [1.54, 1.807) is 0 Å². The minimum atomic E-state index is -5.15. The lowest BCUT2D eigenvalue weighted by Gasteiger charge is -2.30. The molecule has 222 valence electrons. The standard InChI is InChI=1S/C30H42F6O3/c1-3-5-6-8-22-13-15-24(16-14-22)38-20-29(32,33)39-26-18-17-25(27(28(26)31)30(34,35)36)37-19-23-11-9-21(7-4-2)10-12-23/h4,7,17-18,21-24H,3,5-6,8-16,19-20H2,1-2H3. The second-order valence-electron chi connectivity index (χ2n) is 11.1. The molecule has 2 saturated carbocycles. The van der Waals surface area contributed by atoms with Crippen LogP contribution in [-0.2, 0) is 10.9 Å². The van der Waals surface area contributed by atoms with E-state index in [1.165, 1.54) is 6.42 Å². The molecule has 0 saturated heterocycles. The van der Waals surface area contributed by atoms with Gasteiger partial charge in [-0.2, -0.15) is 22.0 Å². The van der Waals surface area contributed by atoms with Gasteiger partial charge in [0, 0.05) is 0 Å². The predicted molar refractivity (Wildman–Crippen MR) is 139 cm³/mol. The van der Waals surface area contributed by atoms with Gasteiger partial charge in [-0.15, -0.1) is 0 Å². The number of rotatable bonds is 13. The van der Waals surface area contributed by atoms with Gasteiger partial charge in [-0.1, -0.05) is 44.8 Å². The lowest BCUT2D eigenvalue weighted by Crippen LogP contribution is -2.35. The fourth-order valence-electron chi connectivity index (χ4n) is 5.71. The van der Waals surface area contributed by atoms with Gasteiger partial charge >= 0.3 is 12.3 Å². The van der Waals surface area contributed by atoms with Gasteiger partial charge in [0.1, 0.15) is 11.3 Å². The van der Waals surface area contributed by atoms with Crippen molar-refractivity contribution in [2.45, 2.75) is 109 Å².